The zero-order valence-electron chi connectivity index (χ0n) is 11.2. The molecule has 1 fully saturated rings. The lowest BCUT2D eigenvalue weighted by molar-refractivity contribution is 0.157. The van der Waals surface area contributed by atoms with Gasteiger partial charge in [-0.2, -0.15) is 0 Å². The van der Waals surface area contributed by atoms with Gasteiger partial charge in [0.05, 0.1) is 0 Å². The van der Waals surface area contributed by atoms with Crippen molar-refractivity contribution in [2.24, 2.45) is 11.8 Å². The number of nitrogens with one attached hydrogen (secondary N) is 1. The summed E-state index contributed by atoms with van der Waals surface area (Å²) in [4.78, 5) is 2.44. The maximum Gasteiger partial charge on any atom is 0.0499 e. The molecule has 0 aliphatic carbocycles. The largest absolute Gasteiger partial charge is 0.384 e. The smallest absolute Gasteiger partial charge is 0.0499 e. The zero-order valence-corrected chi connectivity index (χ0v) is 11.2. The van der Waals surface area contributed by atoms with Crippen molar-refractivity contribution in [2.45, 2.75) is 26.2 Å². The first-order chi connectivity index (χ1) is 7.72. The summed E-state index contributed by atoms with van der Waals surface area (Å²) in [6.45, 7) is 7.91. The van der Waals surface area contributed by atoms with Gasteiger partial charge < -0.3 is 15.0 Å². The van der Waals surface area contributed by atoms with Crippen molar-refractivity contribution in [1.29, 1.82) is 0 Å². The van der Waals surface area contributed by atoms with Gasteiger partial charge in [0.25, 0.3) is 0 Å². The van der Waals surface area contributed by atoms with E-state index in [4.69, 9.17) is 4.74 Å². The second-order valence-corrected chi connectivity index (χ2v) is 5.30. The first kappa shape index (κ1) is 13.9. The van der Waals surface area contributed by atoms with Gasteiger partial charge in [-0.1, -0.05) is 6.92 Å². The number of nitrogens with zero attached hydrogens (tertiary/aromatic N) is 1. The highest BCUT2D eigenvalue weighted by Crippen LogP contribution is 2.18. The van der Waals surface area contributed by atoms with Crippen LogP contribution in [0.4, 0.5) is 0 Å². The average Bonchev–Trinajstić information content (AvgIpc) is 2.27. The molecule has 0 saturated carbocycles. The van der Waals surface area contributed by atoms with Gasteiger partial charge in [-0.25, -0.2) is 0 Å². The lowest BCUT2D eigenvalue weighted by Crippen LogP contribution is -2.32. The van der Waals surface area contributed by atoms with Crippen LogP contribution in [0.2, 0.25) is 0 Å². The van der Waals surface area contributed by atoms with Gasteiger partial charge in [0.1, 0.15) is 0 Å². The number of ether oxygens (including phenoxy) is 1. The van der Waals surface area contributed by atoms with Crippen LogP contribution in [0.15, 0.2) is 0 Å². The molecule has 3 nitrogen and oxygen atoms in total. The molecule has 0 aromatic carbocycles. The molecule has 0 spiro atoms. The van der Waals surface area contributed by atoms with Gasteiger partial charge >= 0.3 is 0 Å². The highest BCUT2D eigenvalue weighted by Gasteiger charge is 2.15. The van der Waals surface area contributed by atoms with Crippen LogP contribution < -0.4 is 5.32 Å². The Bertz CT molecular complexity index is 167. The van der Waals surface area contributed by atoms with Crippen LogP contribution in [0.3, 0.4) is 0 Å². The van der Waals surface area contributed by atoms with E-state index in [1.807, 2.05) is 0 Å². The quantitative estimate of drug-likeness (QED) is 0.670. The third kappa shape index (κ3) is 5.83. The molecular weight excluding hydrogens is 200 g/mol. The Hall–Kier alpha value is -0.120. The van der Waals surface area contributed by atoms with Crippen molar-refractivity contribution in [1.82, 2.24) is 10.2 Å². The van der Waals surface area contributed by atoms with Crippen molar-refractivity contribution in [3.8, 4) is 0 Å². The molecule has 0 radical (unpaired) electrons. The van der Waals surface area contributed by atoms with Crippen LogP contribution in [-0.2, 0) is 4.74 Å². The molecule has 1 aliphatic rings. The molecule has 1 N–H and O–H groups in total. The Morgan fingerprint density at radius 1 is 1.38 bits per heavy atom. The fourth-order valence-electron chi connectivity index (χ4n) is 2.35. The number of hydrogen-bond acceptors (Lipinski definition) is 3. The molecule has 1 saturated heterocycles. The van der Waals surface area contributed by atoms with Crippen LogP contribution in [0.1, 0.15) is 26.2 Å². The monoisotopic (exact) mass is 228 g/mol. The Balaban J connectivity index is 1.95. The van der Waals surface area contributed by atoms with E-state index in [2.05, 4.69) is 24.2 Å². The molecule has 1 rings (SSSR count). The number of methoxy groups -OCH3 is 1. The predicted octanol–water partition coefficient (Wildman–Crippen LogP) is 1.59. The Labute approximate surface area is 101 Å². The highest BCUT2D eigenvalue weighted by molar-refractivity contribution is 4.70. The molecule has 3 heteroatoms. The van der Waals surface area contributed by atoms with Gasteiger partial charge in [-0.3, -0.25) is 0 Å². The molecule has 0 aromatic heterocycles. The molecule has 1 atom stereocenters. The molecule has 0 bridgehead atoms. The predicted molar refractivity (Wildman–Crippen MR) is 68.7 cm³/mol. The lowest BCUT2D eigenvalue weighted by atomic mass is 9.94. The summed E-state index contributed by atoms with van der Waals surface area (Å²) in [6, 6.07) is 0. The van der Waals surface area contributed by atoms with E-state index < -0.39 is 0 Å². The van der Waals surface area contributed by atoms with Crippen molar-refractivity contribution in [2.75, 3.05) is 46.9 Å². The topological polar surface area (TPSA) is 24.5 Å². The van der Waals surface area contributed by atoms with Crippen LogP contribution in [0, 0.1) is 11.8 Å². The average molecular weight is 228 g/mol. The fraction of sp³-hybridized carbons (Fsp3) is 1.00. The first-order valence-corrected chi connectivity index (χ1v) is 6.60. The van der Waals surface area contributed by atoms with Crippen LogP contribution in [0.25, 0.3) is 0 Å². The zero-order chi connectivity index (χ0) is 11.8. The van der Waals surface area contributed by atoms with Crippen molar-refractivity contribution < 1.29 is 4.74 Å². The van der Waals surface area contributed by atoms with E-state index in [0.29, 0.717) is 5.92 Å². The maximum absolute atomic E-state index is 5.12. The summed E-state index contributed by atoms with van der Waals surface area (Å²) in [7, 11) is 4.00. The van der Waals surface area contributed by atoms with E-state index in [0.717, 1.165) is 19.1 Å². The highest BCUT2D eigenvalue weighted by atomic mass is 16.5. The number of likely N-dealkylation sites (tertiary alicyclic amines) is 1. The van der Waals surface area contributed by atoms with Gasteiger partial charge in [0, 0.05) is 13.7 Å². The third-order valence-electron chi connectivity index (χ3n) is 3.51. The summed E-state index contributed by atoms with van der Waals surface area (Å²) in [5, 5.41) is 3.53. The van der Waals surface area contributed by atoms with E-state index in [-0.39, 0.29) is 0 Å². The normalized spacial score (nSPS) is 21.2. The SMILES string of the molecule is COCC(C)CNCCC1CCN(C)CC1. The second-order valence-electron chi connectivity index (χ2n) is 5.30. The van der Waals surface area contributed by atoms with E-state index in [1.54, 1.807) is 7.11 Å². The summed E-state index contributed by atoms with van der Waals surface area (Å²) < 4.78 is 5.12. The van der Waals surface area contributed by atoms with Gasteiger partial charge in [-0.15, -0.1) is 0 Å². The van der Waals surface area contributed by atoms with Crippen molar-refractivity contribution >= 4 is 0 Å². The summed E-state index contributed by atoms with van der Waals surface area (Å²) in [5.41, 5.74) is 0. The maximum atomic E-state index is 5.12. The minimum absolute atomic E-state index is 0.627. The third-order valence-corrected chi connectivity index (χ3v) is 3.51. The molecular formula is C13H28N2O. The molecule has 1 unspecified atom stereocenters. The van der Waals surface area contributed by atoms with Crippen molar-refractivity contribution in [3.63, 3.8) is 0 Å². The summed E-state index contributed by atoms with van der Waals surface area (Å²) in [5.74, 6) is 1.57. The van der Waals surface area contributed by atoms with Gasteiger partial charge in [0.2, 0.25) is 0 Å². The minimum atomic E-state index is 0.627. The number of piperidine rings is 1. The van der Waals surface area contributed by atoms with Crippen molar-refractivity contribution in [3.05, 3.63) is 0 Å². The van der Waals surface area contributed by atoms with Crippen LogP contribution in [0.5, 0.6) is 0 Å². The molecule has 1 aliphatic heterocycles. The first-order valence-electron chi connectivity index (χ1n) is 6.60. The fourth-order valence-corrected chi connectivity index (χ4v) is 2.35. The summed E-state index contributed by atoms with van der Waals surface area (Å²) in [6.07, 6.45) is 4.10. The van der Waals surface area contributed by atoms with Gasteiger partial charge in [0.15, 0.2) is 0 Å². The molecule has 1 heterocycles. The second kappa shape index (κ2) is 8.04. The Morgan fingerprint density at radius 3 is 2.69 bits per heavy atom. The molecule has 0 aromatic rings. The lowest BCUT2D eigenvalue weighted by Gasteiger charge is -2.29. The Morgan fingerprint density at radius 2 is 2.06 bits per heavy atom. The van der Waals surface area contributed by atoms with Crippen LogP contribution in [-0.4, -0.2) is 51.8 Å². The van der Waals surface area contributed by atoms with E-state index >= 15 is 0 Å². The number of hydrogen-bond donors (Lipinski definition) is 1. The molecule has 16 heavy (non-hydrogen) atoms. The Kier molecular flexibility index (Phi) is 7.01. The van der Waals surface area contributed by atoms with E-state index in [9.17, 15) is 0 Å². The molecule has 0 amide bonds. The summed E-state index contributed by atoms with van der Waals surface area (Å²) >= 11 is 0. The van der Waals surface area contributed by atoms with Crippen LogP contribution >= 0.6 is 0 Å². The molecule has 96 valence electrons. The van der Waals surface area contributed by atoms with Gasteiger partial charge in [-0.05, 0) is 64.3 Å². The number of rotatable bonds is 7. The van der Waals surface area contributed by atoms with E-state index in [1.165, 1.54) is 38.9 Å². The standard InChI is InChI=1S/C13H28N2O/c1-12(11-16-3)10-14-7-4-13-5-8-15(2)9-6-13/h12-14H,4-11H2,1-3H3. The minimum Gasteiger partial charge on any atom is -0.384 e.